The minimum atomic E-state index is 0.0501. The van der Waals surface area contributed by atoms with E-state index >= 15 is 0 Å². The van der Waals surface area contributed by atoms with Gasteiger partial charge < -0.3 is 5.32 Å². The summed E-state index contributed by atoms with van der Waals surface area (Å²) < 4.78 is 0. The molecule has 0 radical (unpaired) electrons. The summed E-state index contributed by atoms with van der Waals surface area (Å²) >= 11 is 0. The van der Waals surface area contributed by atoms with E-state index in [0.29, 0.717) is 0 Å². The zero-order chi connectivity index (χ0) is 15.9. The van der Waals surface area contributed by atoms with Crippen molar-refractivity contribution in [2.75, 3.05) is 6.54 Å². The van der Waals surface area contributed by atoms with Crippen molar-refractivity contribution in [1.29, 1.82) is 0 Å². The zero-order valence-corrected chi connectivity index (χ0v) is 13.6. The van der Waals surface area contributed by atoms with Crippen LogP contribution in [0.4, 0.5) is 0 Å². The second-order valence-electron chi connectivity index (χ2n) is 6.38. The van der Waals surface area contributed by atoms with Crippen LogP contribution >= 0.6 is 0 Å². The molecular weight excluding hydrogens is 282 g/mol. The van der Waals surface area contributed by atoms with Crippen molar-refractivity contribution in [2.24, 2.45) is 0 Å². The van der Waals surface area contributed by atoms with Gasteiger partial charge in [0, 0.05) is 6.54 Å². The van der Waals surface area contributed by atoms with E-state index < -0.39 is 0 Å². The Hall–Kier alpha value is -2.09. The Bertz CT molecular complexity index is 635. The number of rotatable bonds is 6. The molecule has 0 aliphatic heterocycles. The van der Waals surface area contributed by atoms with Crippen molar-refractivity contribution in [2.45, 2.75) is 44.4 Å². The Morgan fingerprint density at radius 2 is 1.78 bits per heavy atom. The average Bonchev–Trinajstić information content (AvgIpc) is 2.61. The van der Waals surface area contributed by atoms with E-state index in [9.17, 15) is 4.79 Å². The molecule has 1 aliphatic carbocycles. The van der Waals surface area contributed by atoms with Crippen LogP contribution < -0.4 is 5.32 Å². The second-order valence-corrected chi connectivity index (χ2v) is 6.38. The number of hydrogen-bond acceptors (Lipinski definition) is 1. The monoisotopic (exact) mass is 307 g/mol. The van der Waals surface area contributed by atoms with Gasteiger partial charge >= 0.3 is 0 Å². The van der Waals surface area contributed by atoms with Gasteiger partial charge in [-0.3, -0.25) is 4.79 Å². The fraction of sp³-hybridized carbons (Fsp3) is 0.381. The smallest absolute Gasteiger partial charge is 0.227 e. The molecule has 1 N–H and O–H groups in total. The van der Waals surface area contributed by atoms with Gasteiger partial charge in [0.15, 0.2) is 0 Å². The van der Waals surface area contributed by atoms with E-state index in [1.54, 1.807) is 0 Å². The Labute approximate surface area is 138 Å². The maximum atomic E-state index is 12.5. The van der Waals surface area contributed by atoms with Gasteiger partial charge in [0.05, 0.1) is 5.92 Å². The first-order valence-corrected chi connectivity index (χ1v) is 8.74. The number of nitrogens with one attached hydrogen (secondary N) is 1. The molecule has 23 heavy (non-hydrogen) atoms. The maximum absolute atomic E-state index is 12.5. The highest BCUT2D eigenvalue weighted by Gasteiger charge is 2.25. The average molecular weight is 307 g/mol. The molecule has 0 saturated carbocycles. The largest absolute Gasteiger partial charge is 0.356 e. The summed E-state index contributed by atoms with van der Waals surface area (Å²) in [6.45, 7) is 0.782. The van der Waals surface area contributed by atoms with Crippen LogP contribution in [0.5, 0.6) is 0 Å². The van der Waals surface area contributed by atoms with Crippen molar-refractivity contribution >= 4 is 5.91 Å². The van der Waals surface area contributed by atoms with E-state index in [1.165, 1.54) is 16.7 Å². The van der Waals surface area contributed by atoms with Crippen molar-refractivity contribution in [3.63, 3.8) is 0 Å². The van der Waals surface area contributed by atoms with Crippen LogP contribution in [-0.2, 0) is 17.6 Å². The molecule has 0 heterocycles. The van der Waals surface area contributed by atoms with Crippen molar-refractivity contribution in [1.82, 2.24) is 5.32 Å². The van der Waals surface area contributed by atoms with Crippen LogP contribution in [0.2, 0.25) is 0 Å². The SMILES string of the molecule is O=C(NCCCCc1ccccc1)C1CCCc2ccccc21. The van der Waals surface area contributed by atoms with E-state index in [-0.39, 0.29) is 11.8 Å². The highest BCUT2D eigenvalue weighted by atomic mass is 16.1. The van der Waals surface area contributed by atoms with Crippen LogP contribution in [0.15, 0.2) is 54.6 Å². The molecule has 1 unspecified atom stereocenters. The third-order valence-electron chi connectivity index (χ3n) is 4.72. The Morgan fingerprint density at radius 3 is 2.65 bits per heavy atom. The number of benzene rings is 2. The van der Waals surface area contributed by atoms with Crippen LogP contribution in [0, 0.1) is 0 Å². The van der Waals surface area contributed by atoms with Crippen LogP contribution in [0.3, 0.4) is 0 Å². The number of fused-ring (bicyclic) bond motifs is 1. The molecule has 2 aromatic rings. The van der Waals surface area contributed by atoms with Crippen molar-refractivity contribution in [3.05, 3.63) is 71.3 Å². The number of amides is 1. The summed E-state index contributed by atoms with van der Waals surface area (Å²) in [6.07, 6.45) is 6.44. The van der Waals surface area contributed by atoms with E-state index in [0.717, 1.165) is 45.1 Å². The van der Waals surface area contributed by atoms with Gasteiger partial charge in [0.1, 0.15) is 0 Å². The highest BCUT2D eigenvalue weighted by molar-refractivity contribution is 5.84. The molecular formula is C21H25NO. The van der Waals surface area contributed by atoms with Gasteiger partial charge in [-0.25, -0.2) is 0 Å². The van der Waals surface area contributed by atoms with E-state index in [1.807, 2.05) is 12.1 Å². The molecule has 1 aliphatic rings. The van der Waals surface area contributed by atoms with Gasteiger partial charge in [0.25, 0.3) is 0 Å². The fourth-order valence-electron chi connectivity index (χ4n) is 3.46. The number of carbonyl (C=O) groups excluding carboxylic acids is 1. The zero-order valence-electron chi connectivity index (χ0n) is 13.6. The standard InChI is InChI=1S/C21H25NO/c23-21(20-15-8-13-18-12-4-5-14-19(18)20)22-16-7-6-11-17-9-2-1-3-10-17/h1-5,9-10,12,14,20H,6-8,11,13,15-16H2,(H,22,23). The summed E-state index contributed by atoms with van der Waals surface area (Å²) in [5.74, 6) is 0.255. The van der Waals surface area contributed by atoms with Crippen LogP contribution in [0.25, 0.3) is 0 Å². The molecule has 3 rings (SSSR count). The third kappa shape index (κ3) is 4.22. The quantitative estimate of drug-likeness (QED) is 0.794. The van der Waals surface area contributed by atoms with Gasteiger partial charge in [-0.2, -0.15) is 0 Å². The molecule has 1 atom stereocenters. The lowest BCUT2D eigenvalue weighted by atomic mass is 9.82. The predicted molar refractivity (Wildman–Crippen MR) is 94.5 cm³/mol. The number of carbonyl (C=O) groups is 1. The molecule has 2 aromatic carbocycles. The lowest BCUT2D eigenvalue weighted by molar-refractivity contribution is -0.122. The molecule has 0 bridgehead atoms. The Balaban J connectivity index is 1.43. The maximum Gasteiger partial charge on any atom is 0.227 e. The molecule has 1 amide bonds. The number of unbranched alkanes of at least 4 members (excludes halogenated alkanes) is 1. The summed E-state index contributed by atoms with van der Waals surface area (Å²) in [6, 6.07) is 18.9. The molecule has 120 valence electrons. The molecule has 0 spiro atoms. The first-order valence-electron chi connectivity index (χ1n) is 8.74. The minimum absolute atomic E-state index is 0.0501. The van der Waals surface area contributed by atoms with Gasteiger partial charge in [-0.05, 0) is 55.2 Å². The summed E-state index contributed by atoms with van der Waals surface area (Å²) in [5, 5.41) is 3.14. The van der Waals surface area contributed by atoms with Crippen LogP contribution in [0.1, 0.15) is 48.3 Å². The van der Waals surface area contributed by atoms with Crippen LogP contribution in [-0.4, -0.2) is 12.5 Å². The van der Waals surface area contributed by atoms with Crippen molar-refractivity contribution < 1.29 is 4.79 Å². The Kier molecular flexibility index (Phi) is 5.46. The lowest BCUT2D eigenvalue weighted by Crippen LogP contribution is -2.32. The van der Waals surface area contributed by atoms with Gasteiger partial charge in [-0.15, -0.1) is 0 Å². The topological polar surface area (TPSA) is 29.1 Å². The molecule has 2 nitrogen and oxygen atoms in total. The summed E-state index contributed by atoms with van der Waals surface area (Å²) in [7, 11) is 0. The summed E-state index contributed by atoms with van der Waals surface area (Å²) in [4.78, 5) is 12.5. The van der Waals surface area contributed by atoms with Gasteiger partial charge in [-0.1, -0.05) is 54.6 Å². The molecule has 0 fully saturated rings. The first kappa shape index (κ1) is 15.8. The van der Waals surface area contributed by atoms with Gasteiger partial charge in [0.2, 0.25) is 5.91 Å². The highest BCUT2D eigenvalue weighted by Crippen LogP contribution is 2.31. The second kappa shape index (κ2) is 7.96. The molecule has 2 heteroatoms. The Morgan fingerprint density at radius 1 is 1.00 bits per heavy atom. The molecule has 0 aromatic heterocycles. The third-order valence-corrected chi connectivity index (χ3v) is 4.72. The normalized spacial score (nSPS) is 16.6. The lowest BCUT2D eigenvalue weighted by Gasteiger charge is -2.24. The van der Waals surface area contributed by atoms with E-state index in [2.05, 4.69) is 47.8 Å². The predicted octanol–water partition coefficient (Wildman–Crippen LogP) is 4.25. The van der Waals surface area contributed by atoms with Crippen molar-refractivity contribution in [3.8, 4) is 0 Å². The number of hydrogen-bond donors (Lipinski definition) is 1. The number of aryl methyl sites for hydroxylation is 2. The van der Waals surface area contributed by atoms with E-state index in [4.69, 9.17) is 0 Å². The summed E-state index contributed by atoms with van der Waals surface area (Å²) in [5.41, 5.74) is 3.96. The fourth-order valence-corrected chi connectivity index (χ4v) is 3.46. The first-order chi connectivity index (χ1) is 11.3. The minimum Gasteiger partial charge on any atom is -0.356 e. The molecule has 0 saturated heterocycles.